The molecule has 1 aromatic heterocycles. The van der Waals surface area contributed by atoms with Gasteiger partial charge in [-0.15, -0.1) is 11.3 Å². The van der Waals surface area contributed by atoms with Crippen LogP contribution in [0.4, 0.5) is 0 Å². The van der Waals surface area contributed by atoms with Crippen LogP contribution in [0.3, 0.4) is 0 Å². The Labute approximate surface area is 100 Å². The molecular formula is C8H3Br2NO2S. The van der Waals surface area contributed by atoms with E-state index in [1.54, 1.807) is 0 Å². The molecule has 1 N–H and O–H groups in total. The van der Waals surface area contributed by atoms with Gasteiger partial charge in [0, 0.05) is 15.9 Å². The Morgan fingerprint density at radius 3 is 2.43 bits per heavy atom. The molecule has 2 amide bonds. The number of rotatable bonds is 1. The highest BCUT2D eigenvalue weighted by molar-refractivity contribution is 9.13. The summed E-state index contributed by atoms with van der Waals surface area (Å²) in [4.78, 5) is 23.0. The molecule has 0 saturated heterocycles. The van der Waals surface area contributed by atoms with Crippen molar-refractivity contribution in [2.45, 2.75) is 0 Å². The second-order valence-electron chi connectivity index (χ2n) is 2.60. The van der Waals surface area contributed by atoms with Crippen LogP contribution in [0.15, 0.2) is 20.4 Å². The largest absolute Gasteiger partial charge is 0.289 e. The van der Waals surface area contributed by atoms with E-state index in [9.17, 15) is 9.59 Å². The lowest BCUT2D eigenvalue weighted by Gasteiger charge is -1.96. The number of hydrogen-bond acceptors (Lipinski definition) is 3. The van der Waals surface area contributed by atoms with Crippen LogP contribution >= 0.6 is 43.2 Å². The van der Waals surface area contributed by atoms with Gasteiger partial charge in [0.05, 0.1) is 14.9 Å². The van der Waals surface area contributed by atoms with Crippen LogP contribution in [0.5, 0.6) is 0 Å². The average Bonchev–Trinajstić information content (AvgIpc) is 2.59. The molecule has 14 heavy (non-hydrogen) atoms. The van der Waals surface area contributed by atoms with Gasteiger partial charge in [0.1, 0.15) is 0 Å². The summed E-state index contributed by atoms with van der Waals surface area (Å²) in [7, 11) is 0. The van der Waals surface area contributed by atoms with Crippen LogP contribution < -0.4 is 5.32 Å². The molecule has 1 aliphatic rings. The van der Waals surface area contributed by atoms with Gasteiger partial charge in [0.25, 0.3) is 11.8 Å². The van der Waals surface area contributed by atoms with Crippen LogP contribution in [0.1, 0.15) is 4.88 Å². The lowest BCUT2D eigenvalue weighted by molar-refractivity contribution is -0.123. The van der Waals surface area contributed by atoms with E-state index in [4.69, 9.17) is 0 Å². The summed E-state index contributed by atoms with van der Waals surface area (Å²) in [6, 6.07) is 0. The zero-order valence-corrected chi connectivity index (χ0v) is 10.6. The Bertz CT molecular complexity index is 464. The van der Waals surface area contributed by atoms with E-state index >= 15 is 0 Å². The van der Waals surface area contributed by atoms with Crippen molar-refractivity contribution in [3.05, 3.63) is 25.3 Å². The SMILES string of the molecule is O=C1C=C(c2scc(Br)c2Br)C(=O)N1. The molecule has 0 saturated carbocycles. The van der Waals surface area contributed by atoms with E-state index in [0.29, 0.717) is 5.57 Å². The summed E-state index contributed by atoms with van der Waals surface area (Å²) in [6.45, 7) is 0. The zero-order chi connectivity index (χ0) is 10.3. The number of nitrogens with one attached hydrogen (secondary N) is 1. The lowest BCUT2D eigenvalue weighted by atomic mass is 10.2. The minimum absolute atomic E-state index is 0.343. The van der Waals surface area contributed by atoms with E-state index in [-0.39, 0.29) is 11.8 Å². The molecule has 6 heteroatoms. The molecule has 0 fully saturated rings. The van der Waals surface area contributed by atoms with E-state index in [1.165, 1.54) is 17.4 Å². The second-order valence-corrected chi connectivity index (χ2v) is 5.13. The van der Waals surface area contributed by atoms with E-state index < -0.39 is 0 Å². The van der Waals surface area contributed by atoms with E-state index in [1.807, 2.05) is 5.38 Å². The Hall–Kier alpha value is -0.460. The highest BCUT2D eigenvalue weighted by Gasteiger charge is 2.25. The van der Waals surface area contributed by atoms with Gasteiger partial charge in [-0.2, -0.15) is 0 Å². The monoisotopic (exact) mass is 335 g/mol. The van der Waals surface area contributed by atoms with Crippen LogP contribution in [-0.2, 0) is 9.59 Å². The second kappa shape index (κ2) is 3.60. The van der Waals surface area contributed by atoms with Gasteiger partial charge >= 0.3 is 0 Å². The van der Waals surface area contributed by atoms with Crippen molar-refractivity contribution in [1.82, 2.24) is 5.32 Å². The predicted molar refractivity (Wildman–Crippen MR) is 60.8 cm³/mol. The van der Waals surface area contributed by atoms with Gasteiger partial charge in [0.15, 0.2) is 0 Å². The molecule has 2 rings (SSSR count). The normalized spacial score (nSPS) is 15.7. The highest BCUT2D eigenvalue weighted by Crippen LogP contribution is 2.37. The van der Waals surface area contributed by atoms with Crippen LogP contribution in [0, 0.1) is 0 Å². The Kier molecular flexibility index (Phi) is 2.59. The summed E-state index contributed by atoms with van der Waals surface area (Å²) in [5, 5.41) is 4.06. The summed E-state index contributed by atoms with van der Waals surface area (Å²) < 4.78 is 1.68. The number of halogens is 2. The molecule has 2 heterocycles. The Morgan fingerprint density at radius 1 is 1.29 bits per heavy atom. The predicted octanol–water partition coefficient (Wildman–Crippen LogP) is 2.31. The number of carbonyl (C=O) groups excluding carboxylic acids is 2. The van der Waals surface area contributed by atoms with Gasteiger partial charge in [-0.3, -0.25) is 14.9 Å². The zero-order valence-electron chi connectivity index (χ0n) is 6.64. The first-order valence-electron chi connectivity index (χ1n) is 3.59. The third kappa shape index (κ3) is 1.57. The summed E-state index contributed by atoms with van der Waals surface area (Å²) in [5.41, 5.74) is 0.414. The molecule has 0 unspecified atom stereocenters. The number of thiophene rings is 1. The smallest absolute Gasteiger partial charge is 0.259 e. The van der Waals surface area contributed by atoms with Gasteiger partial charge in [0.2, 0.25) is 0 Å². The fourth-order valence-electron chi connectivity index (χ4n) is 1.08. The maximum absolute atomic E-state index is 11.3. The summed E-state index contributed by atoms with van der Waals surface area (Å²) in [5.74, 6) is -0.702. The molecule has 72 valence electrons. The van der Waals surface area contributed by atoms with Crippen LogP contribution in [-0.4, -0.2) is 11.8 Å². The third-order valence-electron chi connectivity index (χ3n) is 1.69. The number of hydrogen-bond donors (Lipinski definition) is 1. The molecule has 0 radical (unpaired) electrons. The average molecular weight is 337 g/mol. The van der Waals surface area contributed by atoms with Crippen LogP contribution in [0.25, 0.3) is 5.57 Å². The van der Waals surface area contributed by atoms with Crippen molar-refractivity contribution in [1.29, 1.82) is 0 Å². The van der Waals surface area contributed by atoms with Crippen molar-refractivity contribution < 1.29 is 9.59 Å². The van der Waals surface area contributed by atoms with Crippen molar-refractivity contribution in [2.75, 3.05) is 0 Å². The lowest BCUT2D eigenvalue weighted by Crippen LogP contribution is -2.21. The van der Waals surface area contributed by atoms with Crippen LogP contribution in [0.2, 0.25) is 0 Å². The molecule has 3 nitrogen and oxygen atoms in total. The number of imide groups is 1. The fourth-order valence-corrected chi connectivity index (χ4v) is 3.29. The molecule has 0 atom stereocenters. The Morgan fingerprint density at radius 2 is 2.00 bits per heavy atom. The standard InChI is InChI=1S/C8H3Br2NO2S/c9-4-2-14-7(6(4)10)3-1-5(12)11-8(3)13/h1-2H,(H,11,12,13). The van der Waals surface area contributed by atoms with Gasteiger partial charge in [-0.25, -0.2) is 0 Å². The maximum atomic E-state index is 11.3. The summed E-state index contributed by atoms with van der Waals surface area (Å²) >= 11 is 8.06. The fraction of sp³-hybridized carbons (Fsp3) is 0. The van der Waals surface area contributed by atoms with E-state index in [0.717, 1.165) is 13.8 Å². The molecule has 0 spiro atoms. The first-order chi connectivity index (χ1) is 6.59. The number of amides is 2. The van der Waals surface area contributed by atoms with Gasteiger partial charge < -0.3 is 0 Å². The molecule has 0 bridgehead atoms. The third-order valence-corrected chi connectivity index (χ3v) is 5.25. The topological polar surface area (TPSA) is 46.2 Å². The molecule has 1 aliphatic heterocycles. The van der Waals surface area contributed by atoms with Gasteiger partial charge in [-0.05, 0) is 31.9 Å². The quantitative estimate of drug-likeness (QED) is 0.800. The maximum Gasteiger partial charge on any atom is 0.259 e. The minimum Gasteiger partial charge on any atom is -0.289 e. The first kappa shape index (κ1) is 10.1. The first-order valence-corrected chi connectivity index (χ1v) is 6.06. The molecule has 0 aromatic carbocycles. The van der Waals surface area contributed by atoms with Crippen molar-refractivity contribution >= 4 is 60.6 Å². The van der Waals surface area contributed by atoms with Gasteiger partial charge in [-0.1, -0.05) is 0 Å². The molecule has 1 aromatic rings. The summed E-state index contributed by atoms with van der Waals surface area (Å²) in [6.07, 6.45) is 1.31. The Balaban J connectivity index is 2.51. The number of carbonyl (C=O) groups is 2. The highest BCUT2D eigenvalue weighted by atomic mass is 79.9. The van der Waals surface area contributed by atoms with Crippen molar-refractivity contribution in [3.8, 4) is 0 Å². The van der Waals surface area contributed by atoms with Crippen molar-refractivity contribution in [3.63, 3.8) is 0 Å². The molecule has 0 aliphatic carbocycles. The van der Waals surface area contributed by atoms with Crippen molar-refractivity contribution in [2.24, 2.45) is 0 Å². The van der Waals surface area contributed by atoms with E-state index in [2.05, 4.69) is 37.2 Å². The minimum atomic E-state index is -0.360. The molecular weight excluding hydrogens is 334 g/mol.